The maximum atomic E-state index is 13.4. The highest BCUT2D eigenvalue weighted by Gasteiger charge is 2.39. The molecule has 0 aromatic heterocycles. The summed E-state index contributed by atoms with van der Waals surface area (Å²) in [6.07, 6.45) is 4.75. The van der Waals surface area contributed by atoms with Crippen LogP contribution in [0, 0.1) is 11.7 Å². The van der Waals surface area contributed by atoms with Crippen LogP contribution in [0.15, 0.2) is 29.2 Å². The van der Waals surface area contributed by atoms with Crippen LogP contribution in [0.2, 0.25) is 0 Å². The molecule has 5 nitrogen and oxygen atoms in total. The lowest BCUT2D eigenvalue weighted by atomic mass is 9.85. The molecule has 0 radical (unpaired) electrons. The van der Waals surface area contributed by atoms with Crippen molar-refractivity contribution in [2.24, 2.45) is 5.92 Å². The highest BCUT2D eigenvalue weighted by atomic mass is 32.2. The van der Waals surface area contributed by atoms with Gasteiger partial charge in [-0.1, -0.05) is 6.07 Å². The van der Waals surface area contributed by atoms with E-state index in [2.05, 4.69) is 9.62 Å². The predicted molar refractivity (Wildman–Crippen MR) is 94.3 cm³/mol. The molecule has 0 unspecified atom stereocenters. The Bertz CT molecular complexity index is 683. The summed E-state index contributed by atoms with van der Waals surface area (Å²) in [4.78, 5) is 2.41. The average molecular weight is 370 g/mol. The molecule has 1 heterocycles. The Morgan fingerprint density at radius 1 is 1.32 bits per heavy atom. The summed E-state index contributed by atoms with van der Waals surface area (Å²) >= 11 is 0. The van der Waals surface area contributed by atoms with Gasteiger partial charge >= 0.3 is 0 Å². The van der Waals surface area contributed by atoms with Gasteiger partial charge in [0.2, 0.25) is 10.0 Å². The fraction of sp³-hybridized carbons (Fsp3) is 0.667. The van der Waals surface area contributed by atoms with E-state index >= 15 is 0 Å². The minimum atomic E-state index is -3.76. The van der Waals surface area contributed by atoms with Crippen molar-refractivity contribution in [2.45, 2.75) is 42.5 Å². The van der Waals surface area contributed by atoms with Crippen LogP contribution in [-0.2, 0) is 14.8 Å². The van der Waals surface area contributed by atoms with Crippen LogP contribution in [0.1, 0.15) is 32.1 Å². The Morgan fingerprint density at radius 2 is 2.04 bits per heavy atom. The third-order valence-electron chi connectivity index (χ3n) is 5.27. The van der Waals surface area contributed by atoms with Gasteiger partial charge in [0.1, 0.15) is 5.82 Å². The van der Waals surface area contributed by atoms with Gasteiger partial charge in [-0.05, 0) is 69.3 Å². The lowest BCUT2D eigenvalue weighted by Crippen LogP contribution is -2.55. The number of nitrogens with zero attached hydrogens (tertiary/aromatic N) is 1. The molecule has 1 aliphatic carbocycles. The highest BCUT2D eigenvalue weighted by molar-refractivity contribution is 7.89. The second kappa shape index (κ2) is 7.70. The first-order valence-corrected chi connectivity index (χ1v) is 10.4. The van der Waals surface area contributed by atoms with Crippen molar-refractivity contribution in [3.05, 3.63) is 30.1 Å². The molecule has 2 fully saturated rings. The summed E-state index contributed by atoms with van der Waals surface area (Å²) in [5.41, 5.74) is -0.527. The number of hydrogen-bond donors (Lipinski definition) is 1. The van der Waals surface area contributed by atoms with Gasteiger partial charge in [0.15, 0.2) is 0 Å². The van der Waals surface area contributed by atoms with E-state index in [0.29, 0.717) is 13.0 Å². The van der Waals surface area contributed by atoms with Gasteiger partial charge < -0.3 is 9.64 Å². The summed E-state index contributed by atoms with van der Waals surface area (Å²) in [5.74, 6) is 0.281. The number of ether oxygens (including phenoxy) is 1. The smallest absolute Gasteiger partial charge is 0.241 e. The molecule has 140 valence electrons. The van der Waals surface area contributed by atoms with E-state index in [9.17, 15) is 12.8 Å². The third-order valence-corrected chi connectivity index (χ3v) is 6.84. The van der Waals surface area contributed by atoms with Crippen LogP contribution in [0.3, 0.4) is 0 Å². The second-order valence-corrected chi connectivity index (χ2v) is 9.01. The van der Waals surface area contributed by atoms with Gasteiger partial charge in [-0.25, -0.2) is 17.5 Å². The summed E-state index contributed by atoms with van der Waals surface area (Å²) in [5, 5.41) is 0. The van der Waals surface area contributed by atoms with E-state index in [1.54, 1.807) is 7.11 Å². The fourth-order valence-electron chi connectivity index (χ4n) is 3.51. The summed E-state index contributed by atoms with van der Waals surface area (Å²) in [7, 11) is -2.14. The molecular formula is C18H27FN2O3S. The monoisotopic (exact) mass is 370 g/mol. The van der Waals surface area contributed by atoms with Crippen molar-refractivity contribution >= 4 is 10.0 Å². The summed E-state index contributed by atoms with van der Waals surface area (Å²) < 4.78 is 47.0. The lowest BCUT2D eigenvalue weighted by molar-refractivity contribution is 0.105. The highest BCUT2D eigenvalue weighted by Crippen LogP contribution is 2.33. The molecule has 1 N–H and O–H groups in total. The molecule has 2 aliphatic rings. The average Bonchev–Trinajstić information content (AvgIpc) is 3.39. The Morgan fingerprint density at radius 3 is 2.64 bits per heavy atom. The van der Waals surface area contributed by atoms with Crippen molar-refractivity contribution < 1.29 is 17.5 Å². The van der Waals surface area contributed by atoms with Gasteiger partial charge in [0, 0.05) is 25.8 Å². The molecule has 0 atom stereocenters. The number of piperidine rings is 1. The predicted octanol–water partition coefficient (Wildman–Crippen LogP) is 2.39. The van der Waals surface area contributed by atoms with E-state index < -0.39 is 21.4 Å². The van der Waals surface area contributed by atoms with Crippen LogP contribution < -0.4 is 4.72 Å². The van der Waals surface area contributed by atoms with E-state index in [-0.39, 0.29) is 4.90 Å². The van der Waals surface area contributed by atoms with Gasteiger partial charge in [0.05, 0.1) is 4.90 Å². The SMILES string of the molecule is COCCC1(NS(=O)(=O)c2cccc(F)c2)CCN(CC2CC2)CC1. The summed E-state index contributed by atoms with van der Waals surface area (Å²) in [6.45, 7) is 3.38. The van der Waals surface area contributed by atoms with Gasteiger partial charge in [-0.2, -0.15) is 0 Å². The molecule has 0 amide bonds. The van der Waals surface area contributed by atoms with E-state index in [1.807, 2.05) is 0 Å². The maximum Gasteiger partial charge on any atom is 0.241 e. The van der Waals surface area contributed by atoms with Crippen LogP contribution >= 0.6 is 0 Å². The first-order valence-electron chi connectivity index (χ1n) is 8.93. The van der Waals surface area contributed by atoms with Crippen molar-refractivity contribution in [1.82, 2.24) is 9.62 Å². The van der Waals surface area contributed by atoms with Gasteiger partial charge in [-0.15, -0.1) is 0 Å². The quantitative estimate of drug-likeness (QED) is 0.763. The van der Waals surface area contributed by atoms with Crippen LogP contribution in [0.5, 0.6) is 0 Å². The number of sulfonamides is 1. The molecule has 3 rings (SSSR count). The molecular weight excluding hydrogens is 343 g/mol. The Balaban J connectivity index is 1.71. The number of rotatable bonds is 8. The minimum absolute atomic E-state index is 0.0234. The van der Waals surface area contributed by atoms with Crippen LogP contribution in [0.4, 0.5) is 4.39 Å². The third kappa shape index (κ3) is 5.00. The lowest BCUT2D eigenvalue weighted by Gasteiger charge is -2.42. The summed E-state index contributed by atoms with van der Waals surface area (Å²) in [6, 6.07) is 5.16. The second-order valence-electron chi connectivity index (χ2n) is 7.33. The van der Waals surface area contributed by atoms with Crippen LogP contribution in [0.25, 0.3) is 0 Å². The minimum Gasteiger partial charge on any atom is -0.385 e. The number of hydrogen-bond acceptors (Lipinski definition) is 4. The molecule has 7 heteroatoms. The fourth-order valence-corrected chi connectivity index (χ4v) is 5.03. The van der Waals surface area contributed by atoms with Gasteiger partial charge in [-0.3, -0.25) is 0 Å². The number of nitrogens with one attached hydrogen (secondary N) is 1. The first-order chi connectivity index (χ1) is 11.9. The molecule has 0 bridgehead atoms. The standard InChI is InChI=1S/C18H27FN2O3S/c1-24-12-9-18(7-10-21(11-8-18)14-15-5-6-15)20-25(22,23)17-4-2-3-16(19)13-17/h2-4,13,15,20H,5-12,14H2,1H3. The number of methoxy groups -OCH3 is 1. The van der Waals surface area contributed by atoms with Crippen molar-refractivity contribution in [2.75, 3.05) is 33.4 Å². The zero-order valence-corrected chi connectivity index (χ0v) is 15.5. The van der Waals surface area contributed by atoms with Crippen molar-refractivity contribution in [3.8, 4) is 0 Å². The van der Waals surface area contributed by atoms with E-state index in [0.717, 1.165) is 44.5 Å². The topological polar surface area (TPSA) is 58.6 Å². The molecule has 1 saturated carbocycles. The maximum absolute atomic E-state index is 13.4. The number of halogens is 1. The number of benzene rings is 1. The molecule has 1 aliphatic heterocycles. The molecule has 1 aromatic rings. The first kappa shape index (κ1) is 18.8. The van der Waals surface area contributed by atoms with E-state index in [1.165, 1.54) is 31.0 Å². The van der Waals surface area contributed by atoms with Gasteiger partial charge in [0.25, 0.3) is 0 Å². The zero-order chi connectivity index (χ0) is 17.9. The Hall–Kier alpha value is -1.02. The normalized spacial score (nSPS) is 21.4. The number of likely N-dealkylation sites (tertiary alicyclic amines) is 1. The molecule has 1 aromatic carbocycles. The Kier molecular flexibility index (Phi) is 5.78. The molecule has 1 saturated heterocycles. The molecule has 0 spiro atoms. The Labute approximate surface area is 149 Å². The largest absolute Gasteiger partial charge is 0.385 e. The van der Waals surface area contributed by atoms with Crippen molar-refractivity contribution in [3.63, 3.8) is 0 Å². The zero-order valence-electron chi connectivity index (χ0n) is 14.7. The molecule has 25 heavy (non-hydrogen) atoms. The van der Waals surface area contributed by atoms with Crippen molar-refractivity contribution in [1.29, 1.82) is 0 Å². The van der Waals surface area contributed by atoms with E-state index in [4.69, 9.17) is 4.74 Å². The van der Waals surface area contributed by atoms with Crippen LogP contribution in [-0.4, -0.2) is 52.2 Å².